The van der Waals surface area contributed by atoms with E-state index >= 15 is 0 Å². The van der Waals surface area contributed by atoms with E-state index in [0.29, 0.717) is 11.4 Å². The molecule has 3 amide bonds. The molecule has 2 heterocycles. The van der Waals surface area contributed by atoms with E-state index in [4.69, 9.17) is 4.74 Å². The molecular weight excluding hydrogens is 432 g/mol. The van der Waals surface area contributed by atoms with Gasteiger partial charge in [0.1, 0.15) is 18.3 Å². The van der Waals surface area contributed by atoms with E-state index in [1.165, 1.54) is 0 Å². The minimum Gasteiger partial charge on any atom is -0.394 e. The predicted molar refractivity (Wildman–Crippen MR) is 118 cm³/mol. The number of rotatable bonds is 7. The maximum atomic E-state index is 12.8. The van der Waals surface area contributed by atoms with Crippen molar-refractivity contribution in [2.75, 3.05) is 17.5 Å². The van der Waals surface area contributed by atoms with Crippen LogP contribution in [-0.2, 0) is 9.53 Å². The van der Waals surface area contributed by atoms with E-state index in [0.717, 1.165) is 4.90 Å². The van der Waals surface area contributed by atoms with Gasteiger partial charge < -0.3 is 25.5 Å². The molecule has 2 saturated heterocycles. The number of benzene rings is 2. The van der Waals surface area contributed by atoms with E-state index in [1.54, 1.807) is 48.5 Å². The van der Waals surface area contributed by atoms with Gasteiger partial charge in [-0.05, 0) is 24.3 Å². The standard InChI is InChI=1S/C21H24N6O6/c28-11-14-16(29)17(30)20(33-14)27-18(26-24-13-9-5-2-6-10-13)15(19(31)22-21(27)32)25-23-12-7-3-1-4-8-12/h1-10,14-17,20,23-25,28-30H,11H2,(H,22,31,32)/t14-,15?,16-,17-,20-/m1/s1. The lowest BCUT2D eigenvalue weighted by Gasteiger charge is -2.37. The summed E-state index contributed by atoms with van der Waals surface area (Å²) in [6, 6.07) is 15.7. The summed E-state index contributed by atoms with van der Waals surface area (Å²) in [4.78, 5) is 26.4. The van der Waals surface area contributed by atoms with Crippen LogP contribution in [0.15, 0.2) is 65.8 Å². The van der Waals surface area contributed by atoms with Crippen LogP contribution in [0.4, 0.5) is 16.2 Å². The molecule has 33 heavy (non-hydrogen) atoms. The van der Waals surface area contributed by atoms with Crippen molar-refractivity contribution in [2.45, 2.75) is 30.6 Å². The molecule has 2 aromatic carbocycles. The number of para-hydroxylation sites is 2. The number of hydrazine groups is 1. The Labute approximate surface area is 188 Å². The Hall–Kier alpha value is -3.55. The van der Waals surface area contributed by atoms with Crippen LogP contribution >= 0.6 is 0 Å². The smallest absolute Gasteiger partial charge is 0.331 e. The van der Waals surface area contributed by atoms with E-state index in [1.807, 2.05) is 12.1 Å². The van der Waals surface area contributed by atoms with Crippen LogP contribution in [0.25, 0.3) is 0 Å². The third-order valence-corrected chi connectivity index (χ3v) is 5.20. The summed E-state index contributed by atoms with van der Waals surface area (Å²) in [7, 11) is 0. The van der Waals surface area contributed by atoms with Crippen LogP contribution in [0.2, 0.25) is 0 Å². The second-order valence-electron chi connectivity index (χ2n) is 7.41. The summed E-state index contributed by atoms with van der Waals surface area (Å²) < 4.78 is 5.52. The summed E-state index contributed by atoms with van der Waals surface area (Å²) in [6.45, 7) is -0.574. The van der Waals surface area contributed by atoms with Gasteiger partial charge in [-0.25, -0.2) is 15.1 Å². The van der Waals surface area contributed by atoms with E-state index in [9.17, 15) is 24.9 Å². The summed E-state index contributed by atoms with van der Waals surface area (Å²) in [5.74, 6) is -0.814. The Balaban J connectivity index is 1.66. The normalized spacial score (nSPS) is 28.6. The number of carbonyl (C=O) groups excluding carboxylic acids is 2. The molecule has 2 fully saturated rings. The molecule has 4 rings (SSSR count). The lowest BCUT2D eigenvalue weighted by atomic mass is 10.1. The van der Waals surface area contributed by atoms with Crippen molar-refractivity contribution >= 4 is 29.1 Å². The van der Waals surface area contributed by atoms with Crippen molar-refractivity contribution in [3.05, 3.63) is 60.7 Å². The fraction of sp³-hybridized carbons (Fsp3) is 0.286. The minimum absolute atomic E-state index is 0.120. The summed E-state index contributed by atoms with van der Waals surface area (Å²) >= 11 is 0. The molecule has 2 aliphatic heterocycles. The van der Waals surface area contributed by atoms with Crippen LogP contribution in [-0.4, -0.2) is 75.2 Å². The van der Waals surface area contributed by atoms with E-state index in [2.05, 4.69) is 26.7 Å². The van der Waals surface area contributed by atoms with E-state index < -0.39 is 49.1 Å². The van der Waals surface area contributed by atoms with Crippen molar-refractivity contribution in [3.8, 4) is 0 Å². The zero-order chi connectivity index (χ0) is 23.4. The van der Waals surface area contributed by atoms with Gasteiger partial charge in [-0.15, -0.1) is 0 Å². The maximum absolute atomic E-state index is 12.8. The van der Waals surface area contributed by atoms with Gasteiger partial charge in [-0.3, -0.25) is 15.5 Å². The zero-order valence-corrected chi connectivity index (χ0v) is 17.3. The van der Waals surface area contributed by atoms with Gasteiger partial charge in [0.2, 0.25) is 0 Å². The highest BCUT2D eigenvalue weighted by atomic mass is 16.6. The molecule has 2 aliphatic rings. The van der Waals surface area contributed by atoms with Gasteiger partial charge in [-0.2, -0.15) is 5.10 Å². The van der Waals surface area contributed by atoms with Crippen LogP contribution < -0.4 is 21.6 Å². The van der Waals surface area contributed by atoms with Gasteiger partial charge in [-0.1, -0.05) is 36.4 Å². The molecule has 1 unspecified atom stereocenters. The highest BCUT2D eigenvalue weighted by Gasteiger charge is 2.52. The van der Waals surface area contributed by atoms with Crippen LogP contribution in [0.1, 0.15) is 0 Å². The molecular formula is C21H24N6O6. The number of anilines is 2. The molecule has 0 radical (unpaired) electrons. The monoisotopic (exact) mass is 456 g/mol. The number of carbonyl (C=O) groups is 2. The number of aliphatic hydroxyl groups is 3. The first-order valence-electron chi connectivity index (χ1n) is 10.2. The number of ether oxygens (including phenoxy) is 1. The molecule has 5 atom stereocenters. The number of aliphatic hydroxyl groups excluding tert-OH is 3. The highest BCUT2D eigenvalue weighted by molar-refractivity contribution is 6.21. The molecule has 2 aromatic rings. The van der Waals surface area contributed by atoms with Gasteiger partial charge in [0.25, 0.3) is 5.91 Å². The first-order chi connectivity index (χ1) is 16.0. The molecule has 7 N–H and O–H groups in total. The predicted octanol–water partition coefficient (Wildman–Crippen LogP) is -0.612. The maximum Gasteiger partial charge on any atom is 0.331 e. The lowest BCUT2D eigenvalue weighted by Crippen LogP contribution is -2.69. The number of urea groups is 1. The van der Waals surface area contributed by atoms with Crippen LogP contribution in [0.3, 0.4) is 0 Å². The lowest BCUT2D eigenvalue weighted by molar-refractivity contribution is -0.122. The summed E-state index contributed by atoms with van der Waals surface area (Å²) in [5, 5.41) is 36.5. The van der Waals surface area contributed by atoms with Gasteiger partial charge in [0.05, 0.1) is 12.3 Å². The number of hydrogen-bond donors (Lipinski definition) is 7. The number of nitrogens with one attached hydrogen (secondary N) is 4. The Kier molecular flexibility index (Phi) is 6.82. The third-order valence-electron chi connectivity index (χ3n) is 5.20. The van der Waals surface area contributed by atoms with E-state index in [-0.39, 0.29) is 5.84 Å². The van der Waals surface area contributed by atoms with Crippen molar-refractivity contribution in [1.29, 1.82) is 0 Å². The second kappa shape index (κ2) is 9.94. The van der Waals surface area contributed by atoms with Gasteiger partial charge in [0.15, 0.2) is 18.1 Å². The molecule has 174 valence electrons. The molecule has 0 bridgehead atoms. The quantitative estimate of drug-likeness (QED) is 0.269. The van der Waals surface area contributed by atoms with Gasteiger partial charge >= 0.3 is 6.03 Å². The molecule has 0 spiro atoms. The number of amidine groups is 1. The first kappa shape index (κ1) is 22.6. The highest BCUT2D eigenvalue weighted by Crippen LogP contribution is 2.26. The largest absolute Gasteiger partial charge is 0.394 e. The number of amides is 3. The first-order valence-corrected chi connectivity index (χ1v) is 10.2. The van der Waals surface area contributed by atoms with Crippen molar-refractivity contribution < 1.29 is 29.6 Å². The molecule has 12 nitrogen and oxygen atoms in total. The van der Waals surface area contributed by atoms with Crippen LogP contribution in [0.5, 0.6) is 0 Å². The third kappa shape index (κ3) is 4.79. The number of hydrogen-bond acceptors (Lipinski definition) is 10. The number of nitrogens with zero attached hydrogens (tertiary/aromatic N) is 2. The van der Waals surface area contributed by atoms with Crippen molar-refractivity contribution in [3.63, 3.8) is 0 Å². The molecule has 0 saturated carbocycles. The Morgan fingerprint density at radius 3 is 2.21 bits per heavy atom. The molecule has 0 aliphatic carbocycles. The number of imide groups is 1. The summed E-state index contributed by atoms with van der Waals surface area (Å²) in [6.07, 6.45) is -5.51. The fourth-order valence-electron chi connectivity index (χ4n) is 3.50. The Morgan fingerprint density at radius 1 is 0.970 bits per heavy atom. The number of hydrazone groups is 1. The van der Waals surface area contributed by atoms with Crippen molar-refractivity contribution in [2.24, 2.45) is 5.10 Å². The van der Waals surface area contributed by atoms with Gasteiger partial charge in [0, 0.05) is 5.69 Å². The SMILES string of the molecule is O=C1NC(=O)N([C@@H]2O[C@H](CO)[C@@H](O)[C@H]2O)C(=NNc2ccccc2)C1NNc1ccccc1. The fourth-order valence-corrected chi connectivity index (χ4v) is 3.50. The molecule has 12 heteroatoms. The van der Waals surface area contributed by atoms with Crippen molar-refractivity contribution in [1.82, 2.24) is 15.6 Å². The average molecular weight is 456 g/mol. The second-order valence-corrected chi connectivity index (χ2v) is 7.41. The van der Waals surface area contributed by atoms with Crippen LogP contribution in [0, 0.1) is 0 Å². The summed E-state index contributed by atoms with van der Waals surface area (Å²) in [5.41, 5.74) is 9.73. The average Bonchev–Trinajstić information content (AvgIpc) is 3.11. The Morgan fingerprint density at radius 2 is 1.61 bits per heavy atom. The minimum atomic E-state index is -1.55. The Bertz CT molecular complexity index is 1010. The molecule has 0 aromatic heterocycles. The topological polar surface area (TPSA) is 168 Å². The zero-order valence-electron chi connectivity index (χ0n) is 17.3.